The van der Waals surface area contributed by atoms with E-state index >= 15 is 0 Å². The van der Waals surface area contributed by atoms with Crippen molar-refractivity contribution in [3.8, 4) is 0 Å². The Morgan fingerprint density at radius 2 is 2.08 bits per heavy atom. The van der Waals surface area contributed by atoms with E-state index in [0.29, 0.717) is 24.7 Å². The highest BCUT2D eigenvalue weighted by molar-refractivity contribution is 8.15. The van der Waals surface area contributed by atoms with Crippen molar-refractivity contribution in [2.24, 2.45) is 4.99 Å². The number of rotatable bonds is 3. The lowest BCUT2D eigenvalue weighted by atomic mass is 10.1. The Bertz CT molecular complexity index is 835. The monoisotopic (exact) mass is 398 g/mol. The van der Waals surface area contributed by atoms with Crippen LogP contribution in [0.5, 0.6) is 0 Å². The fourth-order valence-corrected chi connectivity index (χ4v) is 7.50. The van der Waals surface area contributed by atoms with Crippen LogP contribution in [0.15, 0.2) is 29.3 Å². The summed E-state index contributed by atoms with van der Waals surface area (Å²) < 4.78 is 42.6. The van der Waals surface area contributed by atoms with Crippen LogP contribution in [0, 0.1) is 5.82 Å². The minimum Gasteiger partial charge on any atom is -0.368 e. The van der Waals surface area contributed by atoms with Gasteiger partial charge in [-0.1, -0.05) is 23.9 Å². The van der Waals surface area contributed by atoms with Gasteiger partial charge in [-0.2, -0.15) is 4.99 Å². The van der Waals surface area contributed by atoms with Crippen molar-refractivity contribution < 1.29 is 22.3 Å². The van der Waals surface area contributed by atoms with Gasteiger partial charge >= 0.3 is 0 Å². The number of fused-ring (bicyclic) bond motifs is 1. The number of benzene rings is 1. The van der Waals surface area contributed by atoms with Crippen molar-refractivity contribution in [1.29, 1.82) is 0 Å². The fourth-order valence-electron chi connectivity index (χ4n) is 3.55. The molecule has 3 aliphatic heterocycles. The van der Waals surface area contributed by atoms with E-state index < -0.39 is 15.9 Å². The highest BCUT2D eigenvalue weighted by Crippen LogP contribution is 2.39. The standard InChI is InChI=1S/C17H19FN2O4S2/c18-12-5-3-11(4-6-12)8-20-13-9-26(22,23)10-15(13)25-17(20)19-16(21)14-2-1-7-24-14/h3-6,13-15H,1-2,7-10H2/t13-,14+,15-/m0/s1. The van der Waals surface area contributed by atoms with Gasteiger partial charge in [-0.25, -0.2) is 12.8 Å². The summed E-state index contributed by atoms with van der Waals surface area (Å²) in [5, 5.41) is 0.413. The molecule has 1 aromatic rings. The maximum Gasteiger partial charge on any atom is 0.277 e. The topological polar surface area (TPSA) is 76.0 Å². The van der Waals surface area contributed by atoms with Crippen LogP contribution in [0.4, 0.5) is 4.39 Å². The van der Waals surface area contributed by atoms with Gasteiger partial charge in [0.15, 0.2) is 15.0 Å². The number of aliphatic imine (C=N–C) groups is 1. The van der Waals surface area contributed by atoms with Crippen molar-refractivity contribution in [3.63, 3.8) is 0 Å². The molecule has 0 spiro atoms. The molecule has 3 fully saturated rings. The first-order valence-corrected chi connectivity index (χ1v) is 11.2. The summed E-state index contributed by atoms with van der Waals surface area (Å²) in [5.74, 6) is -0.487. The fraction of sp³-hybridized carbons (Fsp3) is 0.529. The lowest BCUT2D eigenvalue weighted by Crippen LogP contribution is -2.37. The first-order chi connectivity index (χ1) is 12.4. The number of nitrogens with zero attached hydrogens (tertiary/aromatic N) is 2. The zero-order chi connectivity index (χ0) is 18.3. The van der Waals surface area contributed by atoms with Crippen LogP contribution >= 0.6 is 11.8 Å². The summed E-state index contributed by atoms with van der Waals surface area (Å²) in [4.78, 5) is 18.5. The molecule has 1 aromatic carbocycles. The summed E-state index contributed by atoms with van der Waals surface area (Å²) in [6.07, 6.45) is 1.01. The number of amidine groups is 1. The molecule has 0 N–H and O–H groups in total. The second-order valence-electron chi connectivity index (χ2n) is 6.79. The van der Waals surface area contributed by atoms with Crippen molar-refractivity contribution >= 4 is 32.7 Å². The molecule has 0 bridgehead atoms. The normalized spacial score (nSPS) is 31.5. The van der Waals surface area contributed by atoms with Crippen LogP contribution in [0.2, 0.25) is 0 Å². The molecule has 0 aromatic heterocycles. The molecule has 3 atom stereocenters. The minimum atomic E-state index is -3.09. The van der Waals surface area contributed by atoms with Gasteiger partial charge in [0.2, 0.25) is 0 Å². The predicted octanol–water partition coefficient (Wildman–Crippen LogP) is 1.60. The lowest BCUT2D eigenvalue weighted by Gasteiger charge is -2.24. The van der Waals surface area contributed by atoms with Crippen molar-refractivity contribution in [1.82, 2.24) is 4.90 Å². The van der Waals surface area contributed by atoms with E-state index in [1.165, 1.54) is 23.9 Å². The SMILES string of the molecule is O=C(N=C1S[C@H]2CS(=O)(=O)C[C@@H]2N1Cc1ccc(F)cc1)[C@H]1CCCO1. The molecule has 26 heavy (non-hydrogen) atoms. The van der Waals surface area contributed by atoms with Crippen LogP contribution in [-0.4, -0.2) is 59.9 Å². The van der Waals surface area contributed by atoms with E-state index in [9.17, 15) is 17.6 Å². The number of carbonyl (C=O) groups excluding carboxylic acids is 1. The summed E-state index contributed by atoms with van der Waals surface area (Å²) in [6, 6.07) is 5.85. The second kappa shape index (κ2) is 6.94. The van der Waals surface area contributed by atoms with E-state index in [2.05, 4.69) is 4.99 Å². The molecule has 3 aliphatic rings. The molecule has 0 unspecified atom stereocenters. The zero-order valence-electron chi connectivity index (χ0n) is 14.0. The average Bonchev–Trinajstić information content (AvgIpc) is 3.27. The van der Waals surface area contributed by atoms with Gasteiger partial charge in [0, 0.05) is 18.4 Å². The third-order valence-electron chi connectivity index (χ3n) is 4.85. The van der Waals surface area contributed by atoms with Gasteiger partial charge < -0.3 is 9.64 Å². The second-order valence-corrected chi connectivity index (χ2v) is 10.1. The molecular formula is C17H19FN2O4S2. The van der Waals surface area contributed by atoms with Crippen LogP contribution in [-0.2, 0) is 25.9 Å². The van der Waals surface area contributed by atoms with E-state index in [1.807, 2.05) is 4.90 Å². The zero-order valence-corrected chi connectivity index (χ0v) is 15.6. The maximum absolute atomic E-state index is 13.2. The number of sulfone groups is 1. The molecule has 3 heterocycles. The molecule has 0 saturated carbocycles. The molecule has 140 valence electrons. The molecule has 0 aliphatic carbocycles. The Kier molecular flexibility index (Phi) is 4.79. The number of hydrogen-bond acceptors (Lipinski definition) is 5. The third kappa shape index (κ3) is 3.65. The summed E-state index contributed by atoms with van der Waals surface area (Å²) in [7, 11) is -3.09. The van der Waals surface area contributed by atoms with Crippen LogP contribution in [0.3, 0.4) is 0 Å². The Morgan fingerprint density at radius 1 is 1.31 bits per heavy atom. The van der Waals surface area contributed by atoms with Gasteiger partial charge in [-0.3, -0.25) is 4.79 Å². The average molecular weight is 398 g/mol. The maximum atomic E-state index is 13.2. The largest absolute Gasteiger partial charge is 0.368 e. The number of ether oxygens (including phenoxy) is 1. The highest BCUT2D eigenvalue weighted by Gasteiger charge is 2.48. The van der Waals surface area contributed by atoms with Crippen LogP contribution in [0.1, 0.15) is 18.4 Å². The van der Waals surface area contributed by atoms with Gasteiger partial charge in [0.05, 0.1) is 17.5 Å². The first kappa shape index (κ1) is 17.9. The Hall–Kier alpha value is -1.45. The highest BCUT2D eigenvalue weighted by atomic mass is 32.2. The van der Waals surface area contributed by atoms with Crippen molar-refractivity contribution in [2.45, 2.75) is 36.8 Å². The number of carbonyl (C=O) groups is 1. The molecule has 6 nitrogen and oxygen atoms in total. The number of amides is 1. The minimum absolute atomic E-state index is 0.0546. The summed E-state index contributed by atoms with van der Waals surface area (Å²) >= 11 is 1.35. The van der Waals surface area contributed by atoms with Gasteiger partial charge in [-0.05, 0) is 30.5 Å². The molecular weight excluding hydrogens is 379 g/mol. The third-order valence-corrected chi connectivity index (χ3v) is 8.10. The Labute approximate surface area is 155 Å². The van der Waals surface area contributed by atoms with E-state index in [1.54, 1.807) is 12.1 Å². The van der Waals surface area contributed by atoms with E-state index in [4.69, 9.17) is 4.74 Å². The Morgan fingerprint density at radius 3 is 2.77 bits per heavy atom. The molecule has 1 amide bonds. The van der Waals surface area contributed by atoms with Gasteiger partial charge in [-0.15, -0.1) is 0 Å². The number of hydrogen-bond donors (Lipinski definition) is 0. The molecule has 3 saturated heterocycles. The molecule has 9 heteroatoms. The van der Waals surface area contributed by atoms with Crippen LogP contribution in [0.25, 0.3) is 0 Å². The summed E-state index contributed by atoms with van der Waals surface area (Å²) in [6.45, 7) is 0.957. The van der Waals surface area contributed by atoms with Gasteiger partial charge in [0.25, 0.3) is 5.91 Å². The number of halogens is 1. The van der Waals surface area contributed by atoms with E-state index in [0.717, 1.165) is 12.0 Å². The van der Waals surface area contributed by atoms with Crippen molar-refractivity contribution in [3.05, 3.63) is 35.6 Å². The summed E-state index contributed by atoms with van der Waals surface area (Å²) in [5.41, 5.74) is 0.842. The smallest absolute Gasteiger partial charge is 0.277 e. The van der Waals surface area contributed by atoms with Crippen LogP contribution < -0.4 is 0 Å². The quantitative estimate of drug-likeness (QED) is 0.770. The van der Waals surface area contributed by atoms with E-state index in [-0.39, 0.29) is 34.5 Å². The number of thioether (sulfide) groups is 1. The van der Waals surface area contributed by atoms with Gasteiger partial charge in [0.1, 0.15) is 11.9 Å². The predicted molar refractivity (Wildman–Crippen MR) is 97.2 cm³/mol. The lowest BCUT2D eigenvalue weighted by molar-refractivity contribution is -0.126. The van der Waals surface area contributed by atoms with Crippen molar-refractivity contribution in [2.75, 3.05) is 18.1 Å². The molecule has 0 radical (unpaired) electrons. The molecule has 4 rings (SSSR count). The first-order valence-electron chi connectivity index (χ1n) is 8.53. The Balaban J connectivity index is 1.59.